The Balaban J connectivity index is 6.10. The van der Waals surface area contributed by atoms with E-state index in [4.69, 9.17) is 17.4 Å². The van der Waals surface area contributed by atoms with Gasteiger partial charge in [-0.15, -0.1) is 12.6 Å². The molecule has 39 heavy (non-hydrogen) atoms. The lowest BCUT2D eigenvalue weighted by atomic mass is 10.2. The molecule has 0 fully saturated rings. The molecule has 0 bridgehead atoms. The fraction of sp³-hybridized carbons (Fsp3) is 0.972. The molecule has 0 saturated carbocycles. The van der Waals surface area contributed by atoms with Crippen LogP contribution in [-0.4, -0.2) is 34.0 Å². The Bertz CT molecular complexity index is 505. The third kappa shape index (κ3) is 18.6. The highest BCUT2D eigenvalue weighted by Gasteiger charge is 2.36. The first kappa shape index (κ1) is 39.5. The first-order chi connectivity index (χ1) is 19.0. The SMILES string of the molecule is CCCCCCCOC(S)=S(CCCCCCC)(CCCCCCC)(CCCCCCC)CCCCCCC. The van der Waals surface area contributed by atoms with E-state index in [-0.39, 0.29) is 0 Å². The van der Waals surface area contributed by atoms with Gasteiger partial charge in [-0.2, -0.15) is 0 Å². The van der Waals surface area contributed by atoms with Gasteiger partial charge in [0.2, 0.25) is 0 Å². The van der Waals surface area contributed by atoms with Gasteiger partial charge in [0, 0.05) is 0 Å². The third-order valence-electron chi connectivity index (χ3n) is 9.10. The van der Waals surface area contributed by atoms with Crippen LogP contribution in [0.25, 0.3) is 0 Å². The van der Waals surface area contributed by atoms with Crippen LogP contribution in [-0.2, 0) is 4.74 Å². The van der Waals surface area contributed by atoms with Crippen molar-refractivity contribution in [2.45, 2.75) is 195 Å². The predicted octanol–water partition coefficient (Wildman–Crippen LogP) is 13.2. The second kappa shape index (κ2) is 27.4. The monoisotopic (exact) mass is 589 g/mol. The molecule has 0 aromatic carbocycles. The fourth-order valence-electron chi connectivity index (χ4n) is 6.33. The molecule has 0 spiro atoms. The maximum Gasteiger partial charge on any atom is 0.116 e. The van der Waals surface area contributed by atoms with E-state index in [2.05, 4.69) is 34.6 Å². The quantitative estimate of drug-likeness (QED) is 0.0499. The van der Waals surface area contributed by atoms with Crippen LogP contribution in [0.2, 0.25) is 0 Å². The second-order valence-electron chi connectivity index (χ2n) is 12.8. The van der Waals surface area contributed by atoms with E-state index in [0.717, 1.165) is 6.61 Å². The normalized spacial score (nSPS) is 13.0. The van der Waals surface area contributed by atoms with Gasteiger partial charge in [0.05, 0.1) is 6.61 Å². The van der Waals surface area contributed by atoms with Crippen LogP contribution in [0.3, 0.4) is 0 Å². The summed E-state index contributed by atoms with van der Waals surface area (Å²) in [5.41, 5.74) is 0. The average Bonchev–Trinajstić information content (AvgIpc) is 2.94. The van der Waals surface area contributed by atoms with Gasteiger partial charge < -0.3 is 4.74 Å². The molecule has 0 amide bonds. The Morgan fingerprint density at radius 1 is 0.385 bits per heavy atom. The number of unbranched alkanes of at least 4 members (excludes halogenated alkanes) is 20. The van der Waals surface area contributed by atoms with Gasteiger partial charge >= 0.3 is 0 Å². The molecule has 0 saturated heterocycles. The van der Waals surface area contributed by atoms with Gasteiger partial charge in [0.1, 0.15) is 4.38 Å². The fourth-order valence-corrected chi connectivity index (χ4v) is 13.7. The molecule has 0 aromatic rings. The standard InChI is InChI=1S/C36H76OS2/c1-6-11-16-21-26-31-37-36(38)39(32-27-22-17-12-7-2,33-28-23-18-13-8-3,34-29-24-19-14-9-4)35-30-25-20-15-10-5/h38H,6-35H2,1-5H3. The van der Waals surface area contributed by atoms with E-state index in [0.29, 0.717) is 0 Å². The van der Waals surface area contributed by atoms with Gasteiger partial charge in [-0.3, -0.25) is 0 Å². The highest BCUT2D eigenvalue weighted by atomic mass is 32.3. The minimum absolute atomic E-state index is 0.895. The predicted molar refractivity (Wildman–Crippen MR) is 191 cm³/mol. The topological polar surface area (TPSA) is 9.23 Å². The second-order valence-corrected chi connectivity index (χ2v) is 19.1. The summed E-state index contributed by atoms with van der Waals surface area (Å²) in [6, 6.07) is 0. The van der Waals surface area contributed by atoms with Crippen molar-refractivity contribution in [2.24, 2.45) is 0 Å². The summed E-state index contributed by atoms with van der Waals surface area (Å²) >= 11 is 5.46. The molecule has 0 unspecified atom stereocenters. The zero-order valence-electron chi connectivity index (χ0n) is 28.0. The molecule has 0 atom stereocenters. The van der Waals surface area contributed by atoms with Crippen molar-refractivity contribution in [1.82, 2.24) is 0 Å². The van der Waals surface area contributed by atoms with Crippen LogP contribution < -0.4 is 0 Å². The molecule has 0 radical (unpaired) electrons. The lowest BCUT2D eigenvalue weighted by Gasteiger charge is -2.52. The van der Waals surface area contributed by atoms with Gasteiger partial charge in [0.25, 0.3) is 0 Å². The summed E-state index contributed by atoms with van der Waals surface area (Å²) in [7, 11) is -1.88. The molecular formula is C36H76OS2. The molecular weight excluding hydrogens is 513 g/mol. The van der Waals surface area contributed by atoms with Crippen LogP contribution >= 0.6 is 21.4 Å². The molecule has 0 aliphatic carbocycles. The molecule has 0 aliphatic rings. The van der Waals surface area contributed by atoms with E-state index in [1.165, 1.54) is 188 Å². The van der Waals surface area contributed by atoms with Gasteiger partial charge in [-0.1, -0.05) is 163 Å². The van der Waals surface area contributed by atoms with Crippen molar-refractivity contribution in [2.75, 3.05) is 29.6 Å². The van der Waals surface area contributed by atoms with Gasteiger partial charge in [-0.05, 0) is 55.1 Å². The summed E-state index contributed by atoms with van der Waals surface area (Å²) in [6.07, 6.45) is 34.2. The molecule has 0 rings (SSSR count). The largest absolute Gasteiger partial charge is 0.336 e. The van der Waals surface area contributed by atoms with E-state index in [1.807, 2.05) is 0 Å². The van der Waals surface area contributed by atoms with Crippen molar-refractivity contribution in [3.63, 3.8) is 0 Å². The highest BCUT2D eigenvalue weighted by molar-refractivity contribution is 8.52. The third-order valence-corrected chi connectivity index (χ3v) is 17.3. The number of hydrogen-bond acceptors (Lipinski definition) is 1. The maximum absolute atomic E-state index is 6.83. The summed E-state index contributed by atoms with van der Waals surface area (Å²) in [6.45, 7) is 12.6. The Hall–Kier alpha value is 0.530. The minimum Gasteiger partial charge on any atom is -0.336 e. The van der Waals surface area contributed by atoms with Crippen molar-refractivity contribution < 1.29 is 4.74 Å². The summed E-state index contributed by atoms with van der Waals surface area (Å²) in [5.74, 6) is 5.63. The smallest absolute Gasteiger partial charge is 0.116 e. The van der Waals surface area contributed by atoms with Crippen molar-refractivity contribution in [3.05, 3.63) is 0 Å². The number of ether oxygens (including phenoxy) is 1. The van der Waals surface area contributed by atoms with E-state index in [1.54, 1.807) is 0 Å². The van der Waals surface area contributed by atoms with Crippen molar-refractivity contribution in [3.8, 4) is 0 Å². The van der Waals surface area contributed by atoms with Gasteiger partial charge in [-0.25, -0.2) is 8.75 Å². The molecule has 0 N–H and O–H groups in total. The summed E-state index contributed by atoms with van der Waals surface area (Å²) < 4.78 is 8.10. The van der Waals surface area contributed by atoms with Crippen LogP contribution in [0, 0.1) is 0 Å². The van der Waals surface area contributed by atoms with Crippen LogP contribution in [0.1, 0.15) is 195 Å². The molecule has 0 aliphatic heterocycles. The Morgan fingerprint density at radius 3 is 0.923 bits per heavy atom. The molecule has 238 valence electrons. The van der Waals surface area contributed by atoms with E-state index in [9.17, 15) is 0 Å². The number of rotatable bonds is 30. The Kier molecular flexibility index (Phi) is 27.7. The first-order valence-corrected chi connectivity index (χ1v) is 21.3. The average molecular weight is 589 g/mol. The Morgan fingerprint density at radius 2 is 0.641 bits per heavy atom. The number of thiol groups is 1. The molecule has 1 nitrogen and oxygen atoms in total. The van der Waals surface area contributed by atoms with E-state index < -0.39 is 8.75 Å². The van der Waals surface area contributed by atoms with Crippen LogP contribution in [0.4, 0.5) is 0 Å². The lowest BCUT2D eigenvalue weighted by molar-refractivity contribution is 0.307. The maximum atomic E-state index is 6.83. The van der Waals surface area contributed by atoms with Crippen LogP contribution in [0.5, 0.6) is 0 Å². The minimum atomic E-state index is -1.88. The number of hydrogen-bond donors (Lipinski definition) is 1. The van der Waals surface area contributed by atoms with Crippen molar-refractivity contribution in [1.29, 1.82) is 0 Å². The van der Waals surface area contributed by atoms with Gasteiger partial charge in [0.15, 0.2) is 0 Å². The zero-order chi connectivity index (χ0) is 28.9. The summed E-state index contributed by atoms with van der Waals surface area (Å²) in [5, 5.41) is 0. The Labute approximate surface area is 254 Å². The molecule has 0 aromatic heterocycles. The lowest BCUT2D eigenvalue weighted by Crippen LogP contribution is -2.31. The first-order valence-electron chi connectivity index (χ1n) is 18.1. The van der Waals surface area contributed by atoms with Crippen LogP contribution in [0.15, 0.2) is 0 Å². The summed E-state index contributed by atoms with van der Waals surface area (Å²) in [4.78, 5) is 0. The molecule has 0 heterocycles. The van der Waals surface area contributed by atoms with E-state index >= 15 is 0 Å². The highest BCUT2D eigenvalue weighted by Crippen LogP contribution is 2.64. The zero-order valence-corrected chi connectivity index (χ0v) is 29.7. The molecule has 3 heteroatoms. The van der Waals surface area contributed by atoms with Crippen molar-refractivity contribution >= 4 is 25.8 Å².